The number of likely N-dealkylation sites (tertiary alicyclic amines) is 1. The number of ether oxygens (including phenoxy) is 1. The smallest absolute Gasteiger partial charge is 0.311 e. The molecule has 3 aromatic rings. The number of aromatic nitrogens is 1. The third kappa shape index (κ3) is 4.59. The van der Waals surface area contributed by atoms with E-state index in [0.29, 0.717) is 31.9 Å². The summed E-state index contributed by atoms with van der Waals surface area (Å²) >= 11 is 0. The highest BCUT2D eigenvalue weighted by atomic mass is 16.5. The van der Waals surface area contributed by atoms with Crippen molar-refractivity contribution in [2.24, 2.45) is 10.8 Å². The van der Waals surface area contributed by atoms with Gasteiger partial charge in [0.05, 0.1) is 24.1 Å². The van der Waals surface area contributed by atoms with Crippen LogP contribution in [0.25, 0.3) is 11.5 Å². The lowest BCUT2D eigenvalue weighted by Gasteiger charge is -2.26. The number of ketones is 1. The number of rotatable bonds is 9. The number of benzene rings is 2. The van der Waals surface area contributed by atoms with Crippen molar-refractivity contribution < 1.29 is 28.6 Å². The second-order valence-electron chi connectivity index (χ2n) is 10.7. The molecule has 1 N–H and O–H groups in total. The number of amides is 1. The van der Waals surface area contributed by atoms with Crippen molar-refractivity contribution in [1.29, 1.82) is 0 Å². The van der Waals surface area contributed by atoms with E-state index >= 15 is 0 Å². The van der Waals surface area contributed by atoms with Gasteiger partial charge in [-0.15, -0.1) is 0 Å². The predicted molar refractivity (Wildman–Crippen MR) is 140 cm³/mol. The number of hydrogen-bond donors (Lipinski definition) is 1. The van der Waals surface area contributed by atoms with Crippen LogP contribution < -0.4 is 4.74 Å². The van der Waals surface area contributed by atoms with Crippen LogP contribution in [0.5, 0.6) is 5.75 Å². The van der Waals surface area contributed by atoms with Crippen molar-refractivity contribution in [2.75, 3.05) is 19.7 Å². The SMILES string of the molecule is CC(=O)CC(=O)N1CC2(C[C@@H]2c2ccc(OCCc3nc(-c4ccccc4)oc3C)cc2)[C@@](C)(C(=O)O)C1. The Bertz CT molecular complexity index is 1370. The molecule has 198 valence electrons. The van der Waals surface area contributed by atoms with Gasteiger partial charge in [-0.2, -0.15) is 0 Å². The van der Waals surface area contributed by atoms with Gasteiger partial charge in [-0.1, -0.05) is 30.3 Å². The minimum absolute atomic E-state index is 0.0296. The van der Waals surface area contributed by atoms with Gasteiger partial charge in [0.15, 0.2) is 0 Å². The number of carboxylic acids is 1. The molecule has 0 bridgehead atoms. The van der Waals surface area contributed by atoms with Gasteiger partial charge in [-0.05, 0) is 62.9 Å². The van der Waals surface area contributed by atoms with E-state index < -0.39 is 16.8 Å². The van der Waals surface area contributed by atoms with Gasteiger partial charge in [0, 0.05) is 30.5 Å². The quantitative estimate of drug-likeness (QED) is 0.412. The van der Waals surface area contributed by atoms with Gasteiger partial charge in [0.25, 0.3) is 0 Å². The van der Waals surface area contributed by atoms with Crippen LogP contribution in [0, 0.1) is 17.8 Å². The molecule has 8 heteroatoms. The van der Waals surface area contributed by atoms with Crippen molar-refractivity contribution in [1.82, 2.24) is 9.88 Å². The van der Waals surface area contributed by atoms with E-state index in [9.17, 15) is 19.5 Å². The Morgan fingerprint density at radius 1 is 1.11 bits per heavy atom. The molecular formula is C30H32N2O6. The monoisotopic (exact) mass is 516 g/mol. The first kappa shape index (κ1) is 25.7. The fourth-order valence-corrected chi connectivity index (χ4v) is 5.84. The number of aliphatic carboxylic acids is 1. The Labute approximate surface area is 221 Å². The van der Waals surface area contributed by atoms with Gasteiger partial charge in [0.1, 0.15) is 17.3 Å². The lowest BCUT2D eigenvalue weighted by molar-refractivity contribution is -0.150. The second kappa shape index (κ2) is 9.74. The molecule has 1 aromatic heterocycles. The number of oxazole rings is 1. The van der Waals surface area contributed by atoms with Crippen molar-refractivity contribution in [3.05, 3.63) is 71.6 Å². The van der Waals surface area contributed by atoms with Crippen LogP contribution in [0.4, 0.5) is 0 Å². The van der Waals surface area contributed by atoms with Crippen LogP contribution in [0.3, 0.4) is 0 Å². The predicted octanol–water partition coefficient (Wildman–Crippen LogP) is 4.66. The molecule has 8 nitrogen and oxygen atoms in total. The Balaban J connectivity index is 1.21. The molecule has 1 saturated carbocycles. The summed E-state index contributed by atoms with van der Waals surface area (Å²) in [7, 11) is 0. The Morgan fingerprint density at radius 2 is 1.82 bits per heavy atom. The molecule has 5 rings (SSSR count). The highest BCUT2D eigenvalue weighted by molar-refractivity contribution is 5.97. The molecular weight excluding hydrogens is 484 g/mol. The first-order valence-corrected chi connectivity index (χ1v) is 12.9. The molecule has 1 amide bonds. The maximum absolute atomic E-state index is 12.6. The molecule has 2 fully saturated rings. The number of carbonyl (C=O) groups is 3. The van der Waals surface area contributed by atoms with E-state index in [-0.39, 0.29) is 30.6 Å². The molecule has 38 heavy (non-hydrogen) atoms. The van der Waals surface area contributed by atoms with Crippen molar-refractivity contribution >= 4 is 17.7 Å². The van der Waals surface area contributed by atoms with E-state index in [0.717, 1.165) is 28.3 Å². The minimum Gasteiger partial charge on any atom is -0.493 e. The molecule has 3 atom stereocenters. The second-order valence-corrected chi connectivity index (χ2v) is 10.7. The van der Waals surface area contributed by atoms with Crippen LogP contribution in [0.15, 0.2) is 59.0 Å². The zero-order valence-corrected chi connectivity index (χ0v) is 21.9. The largest absolute Gasteiger partial charge is 0.493 e. The number of nitrogens with zero attached hydrogens (tertiary/aromatic N) is 2. The summed E-state index contributed by atoms with van der Waals surface area (Å²) in [5.41, 5.74) is 1.23. The van der Waals surface area contributed by atoms with E-state index in [1.165, 1.54) is 6.92 Å². The summed E-state index contributed by atoms with van der Waals surface area (Å²) in [6.45, 7) is 5.92. The summed E-state index contributed by atoms with van der Waals surface area (Å²) in [6, 6.07) is 17.5. The molecule has 2 aliphatic rings. The van der Waals surface area contributed by atoms with Crippen LogP contribution in [-0.2, 0) is 20.8 Å². The first-order chi connectivity index (χ1) is 18.1. The van der Waals surface area contributed by atoms with Crippen molar-refractivity contribution in [3.63, 3.8) is 0 Å². The Morgan fingerprint density at radius 3 is 2.47 bits per heavy atom. The molecule has 1 saturated heterocycles. The summed E-state index contributed by atoms with van der Waals surface area (Å²) < 4.78 is 11.8. The number of carboxylic acid groups (broad SMARTS) is 1. The normalized spacial score (nSPS) is 24.0. The van der Waals surface area contributed by atoms with Gasteiger partial charge in [0.2, 0.25) is 11.8 Å². The number of carbonyl (C=O) groups excluding carboxylic acids is 2. The van der Waals surface area contributed by atoms with Gasteiger partial charge in [-0.3, -0.25) is 14.4 Å². The fraction of sp³-hybridized carbons (Fsp3) is 0.400. The Hall–Kier alpha value is -3.94. The van der Waals surface area contributed by atoms with Crippen LogP contribution in [0.2, 0.25) is 0 Å². The summed E-state index contributed by atoms with van der Waals surface area (Å²) in [5, 5.41) is 10.1. The molecule has 1 aliphatic heterocycles. The number of aryl methyl sites for hydroxylation is 1. The third-order valence-electron chi connectivity index (χ3n) is 8.18. The van der Waals surface area contributed by atoms with E-state index in [1.54, 1.807) is 11.8 Å². The molecule has 1 aliphatic carbocycles. The Kier molecular flexibility index (Phi) is 6.59. The maximum Gasteiger partial charge on any atom is 0.311 e. The average Bonchev–Trinajstić information content (AvgIpc) is 3.38. The van der Waals surface area contributed by atoms with E-state index in [2.05, 4.69) is 4.98 Å². The summed E-state index contributed by atoms with van der Waals surface area (Å²) in [4.78, 5) is 42.5. The number of Topliss-reactive ketones (excluding diaryl/α,β-unsaturated/α-hetero) is 1. The molecule has 2 heterocycles. The maximum atomic E-state index is 12.6. The minimum atomic E-state index is -1.06. The summed E-state index contributed by atoms with van der Waals surface area (Å²) in [6.07, 6.45) is 1.11. The molecule has 1 spiro atoms. The van der Waals surface area contributed by atoms with Crippen molar-refractivity contribution in [2.45, 2.75) is 46.0 Å². The van der Waals surface area contributed by atoms with Gasteiger partial charge >= 0.3 is 5.97 Å². The molecule has 0 radical (unpaired) electrons. The zero-order chi connectivity index (χ0) is 27.1. The first-order valence-electron chi connectivity index (χ1n) is 12.9. The zero-order valence-electron chi connectivity index (χ0n) is 21.9. The van der Waals surface area contributed by atoms with Crippen LogP contribution >= 0.6 is 0 Å². The van der Waals surface area contributed by atoms with Crippen LogP contribution in [0.1, 0.15) is 49.6 Å². The number of hydrogen-bond acceptors (Lipinski definition) is 6. The topological polar surface area (TPSA) is 110 Å². The summed E-state index contributed by atoms with van der Waals surface area (Å²) in [5.74, 6) is 0.705. The lowest BCUT2D eigenvalue weighted by atomic mass is 9.74. The molecule has 1 unspecified atom stereocenters. The van der Waals surface area contributed by atoms with E-state index in [4.69, 9.17) is 9.15 Å². The lowest BCUT2D eigenvalue weighted by Crippen LogP contribution is -2.38. The standard InChI is InChI=1S/C30H32N2O6/c1-19(33)15-26(34)32-17-29(3,28(35)36)30(18-32)16-24(30)21-9-11-23(12-10-21)37-14-13-25-20(2)38-27(31-25)22-7-5-4-6-8-22/h4-12,24H,13-18H2,1-3H3,(H,35,36)/t24-,29-,30?/m1/s1. The highest BCUT2D eigenvalue weighted by Crippen LogP contribution is 2.71. The van der Waals surface area contributed by atoms with Gasteiger partial charge < -0.3 is 19.2 Å². The van der Waals surface area contributed by atoms with Crippen LogP contribution in [-0.4, -0.2) is 52.3 Å². The van der Waals surface area contributed by atoms with Gasteiger partial charge in [-0.25, -0.2) is 4.98 Å². The third-order valence-corrected chi connectivity index (χ3v) is 8.18. The highest BCUT2D eigenvalue weighted by Gasteiger charge is 2.72. The average molecular weight is 517 g/mol. The fourth-order valence-electron chi connectivity index (χ4n) is 5.84. The van der Waals surface area contributed by atoms with Crippen molar-refractivity contribution in [3.8, 4) is 17.2 Å². The molecule has 2 aromatic carbocycles. The van der Waals surface area contributed by atoms with E-state index in [1.807, 2.05) is 61.5 Å².